The average molecular weight is 310 g/mol. The number of amides is 1. The van der Waals surface area contributed by atoms with Gasteiger partial charge in [0.05, 0.1) is 13.0 Å². The SMILES string of the molecule is CCNC1CCN(C(=O)CCOCC(F)(F)F)CC1CC. The number of carbonyl (C=O) groups is 1. The molecule has 0 aromatic carbocycles. The molecule has 2 atom stereocenters. The van der Waals surface area contributed by atoms with Crippen LogP contribution in [0.3, 0.4) is 0 Å². The van der Waals surface area contributed by atoms with E-state index < -0.39 is 12.8 Å². The van der Waals surface area contributed by atoms with Crippen molar-refractivity contribution in [2.75, 3.05) is 32.8 Å². The molecule has 0 bridgehead atoms. The first-order chi connectivity index (χ1) is 9.87. The lowest BCUT2D eigenvalue weighted by Gasteiger charge is -2.38. The molecule has 1 fully saturated rings. The first-order valence-corrected chi connectivity index (χ1v) is 7.53. The van der Waals surface area contributed by atoms with Crippen molar-refractivity contribution in [2.45, 2.75) is 45.3 Å². The molecule has 2 unspecified atom stereocenters. The van der Waals surface area contributed by atoms with Crippen LogP contribution in [0.2, 0.25) is 0 Å². The number of halogens is 3. The van der Waals surface area contributed by atoms with Gasteiger partial charge < -0.3 is 15.0 Å². The second-order valence-electron chi connectivity index (χ2n) is 5.38. The van der Waals surface area contributed by atoms with E-state index in [-0.39, 0.29) is 18.9 Å². The van der Waals surface area contributed by atoms with Gasteiger partial charge in [0.1, 0.15) is 6.61 Å². The molecule has 1 saturated heterocycles. The van der Waals surface area contributed by atoms with Gasteiger partial charge in [-0.1, -0.05) is 20.3 Å². The lowest BCUT2D eigenvalue weighted by molar-refractivity contribution is -0.175. The van der Waals surface area contributed by atoms with Crippen LogP contribution in [0.25, 0.3) is 0 Å². The van der Waals surface area contributed by atoms with Crippen LogP contribution in [0.4, 0.5) is 13.2 Å². The summed E-state index contributed by atoms with van der Waals surface area (Å²) in [6.07, 6.45) is -2.45. The summed E-state index contributed by atoms with van der Waals surface area (Å²) in [5.74, 6) is 0.282. The molecule has 1 amide bonds. The molecule has 1 heterocycles. The molecule has 0 aliphatic carbocycles. The molecule has 1 aliphatic heterocycles. The zero-order valence-electron chi connectivity index (χ0n) is 12.7. The highest BCUT2D eigenvalue weighted by Crippen LogP contribution is 2.21. The van der Waals surface area contributed by atoms with Gasteiger partial charge in [-0.2, -0.15) is 13.2 Å². The number of hydrogen-bond acceptors (Lipinski definition) is 3. The molecule has 21 heavy (non-hydrogen) atoms. The van der Waals surface area contributed by atoms with Crippen LogP contribution in [0.5, 0.6) is 0 Å². The van der Waals surface area contributed by atoms with Crippen molar-refractivity contribution < 1.29 is 22.7 Å². The summed E-state index contributed by atoms with van der Waals surface area (Å²) >= 11 is 0. The zero-order valence-corrected chi connectivity index (χ0v) is 12.7. The minimum atomic E-state index is -4.33. The van der Waals surface area contributed by atoms with Gasteiger partial charge in [-0.15, -0.1) is 0 Å². The average Bonchev–Trinajstić information content (AvgIpc) is 2.43. The van der Waals surface area contributed by atoms with E-state index in [1.54, 1.807) is 4.90 Å². The molecular formula is C14H25F3N2O2. The van der Waals surface area contributed by atoms with Gasteiger partial charge in [-0.3, -0.25) is 4.79 Å². The first-order valence-electron chi connectivity index (χ1n) is 7.53. The predicted molar refractivity (Wildman–Crippen MR) is 73.9 cm³/mol. The number of carbonyl (C=O) groups excluding carboxylic acids is 1. The number of rotatable bonds is 7. The Labute approximate surface area is 124 Å². The minimum absolute atomic E-state index is 0.0123. The summed E-state index contributed by atoms with van der Waals surface area (Å²) in [7, 11) is 0. The van der Waals surface area contributed by atoms with Crippen molar-refractivity contribution in [1.29, 1.82) is 0 Å². The maximum absolute atomic E-state index is 12.0. The Morgan fingerprint density at radius 2 is 2.10 bits per heavy atom. The fourth-order valence-electron chi connectivity index (χ4n) is 2.71. The Morgan fingerprint density at radius 3 is 2.67 bits per heavy atom. The maximum atomic E-state index is 12.0. The third kappa shape index (κ3) is 6.65. The molecule has 1 N–H and O–H groups in total. The fraction of sp³-hybridized carbons (Fsp3) is 0.929. The van der Waals surface area contributed by atoms with Gasteiger partial charge in [-0.05, 0) is 18.9 Å². The Hall–Kier alpha value is -0.820. The number of likely N-dealkylation sites (tertiary alicyclic amines) is 1. The lowest BCUT2D eigenvalue weighted by Crippen LogP contribution is -2.51. The number of nitrogens with one attached hydrogen (secondary N) is 1. The van der Waals surface area contributed by atoms with Crippen molar-refractivity contribution in [2.24, 2.45) is 5.92 Å². The van der Waals surface area contributed by atoms with Gasteiger partial charge in [0.25, 0.3) is 0 Å². The van der Waals surface area contributed by atoms with E-state index in [9.17, 15) is 18.0 Å². The van der Waals surface area contributed by atoms with Gasteiger partial charge in [0, 0.05) is 19.1 Å². The Bertz CT molecular complexity index is 324. The molecule has 0 saturated carbocycles. The van der Waals surface area contributed by atoms with Crippen molar-refractivity contribution in [3.63, 3.8) is 0 Å². The summed E-state index contributed by atoms with van der Waals surface area (Å²) in [5, 5.41) is 3.43. The topological polar surface area (TPSA) is 41.6 Å². The van der Waals surface area contributed by atoms with Crippen LogP contribution >= 0.6 is 0 Å². The number of alkyl halides is 3. The normalized spacial score (nSPS) is 23.4. The Kier molecular flexibility index (Phi) is 7.45. The summed E-state index contributed by atoms with van der Waals surface area (Å²) in [4.78, 5) is 13.7. The summed E-state index contributed by atoms with van der Waals surface area (Å²) in [6.45, 7) is 4.92. The summed E-state index contributed by atoms with van der Waals surface area (Å²) in [5.41, 5.74) is 0. The molecule has 0 aromatic rings. The second kappa shape index (κ2) is 8.58. The molecule has 0 radical (unpaired) electrons. The van der Waals surface area contributed by atoms with Crippen molar-refractivity contribution in [3.05, 3.63) is 0 Å². The summed E-state index contributed by atoms with van der Waals surface area (Å²) in [6, 6.07) is 0.422. The molecule has 124 valence electrons. The molecular weight excluding hydrogens is 285 g/mol. The van der Waals surface area contributed by atoms with Crippen LogP contribution in [0, 0.1) is 5.92 Å². The molecule has 1 rings (SSSR count). The number of nitrogens with zero attached hydrogens (tertiary/aromatic N) is 1. The Morgan fingerprint density at radius 1 is 1.38 bits per heavy atom. The van der Waals surface area contributed by atoms with Crippen molar-refractivity contribution in [3.8, 4) is 0 Å². The highest BCUT2D eigenvalue weighted by molar-refractivity contribution is 5.76. The van der Waals surface area contributed by atoms with Crippen LogP contribution < -0.4 is 5.32 Å². The maximum Gasteiger partial charge on any atom is 0.411 e. The van der Waals surface area contributed by atoms with Crippen LogP contribution in [0.15, 0.2) is 0 Å². The quantitative estimate of drug-likeness (QED) is 0.733. The number of ether oxygens (including phenoxy) is 1. The number of hydrogen-bond donors (Lipinski definition) is 1. The molecule has 1 aliphatic rings. The van der Waals surface area contributed by atoms with E-state index in [0.29, 0.717) is 25.0 Å². The second-order valence-corrected chi connectivity index (χ2v) is 5.38. The minimum Gasteiger partial charge on any atom is -0.372 e. The van der Waals surface area contributed by atoms with Gasteiger partial charge >= 0.3 is 6.18 Å². The monoisotopic (exact) mass is 310 g/mol. The zero-order chi connectivity index (χ0) is 15.9. The van der Waals surface area contributed by atoms with E-state index in [4.69, 9.17) is 0 Å². The van der Waals surface area contributed by atoms with Crippen LogP contribution in [-0.2, 0) is 9.53 Å². The standard InChI is InChI=1S/C14H25F3N2O2/c1-3-11-9-19(7-5-12(11)18-4-2)13(20)6-8-21-10-14(15,16)17/h11-12,18H,3-10H2,1-2H3. The van der Waals surface area contributed by atoms with Crippen LogP contribution in [-0.4, -0.2) is 55.9 Å². The van der Waals surface area contributed by atoms with Crippen molar-refractivity contribution in [1.82, 2.24) is 10.2 Å². The van der Waals surface area contributed by atoms with E-state index in [1.165, 1.54) is 0 Å². The fourth-order valence-corrected chi connectivity index (χ4v) is 2.71. The van der Waals surface area contributed by atoms with E-state index in [1.807, 2.05) is 0 Å². The van der Waals surface area contributed by atoms with E-state index in [0.717, 1.165) is 19.4 Å². The van der Waals surface area contributed by atoms with E-state index >= 15 is 0 Å². The van der Waals surface area contributed by atoms with Gasteiger partial charge in [0.15, 0.2) is 0 Å². The van der Waals surface area contributed by atoms with Crippen molar-refractivity contribution >= 4 is 5.91 Å². The number of piperidine rings is 1. The van der Waals surface area contributed by atoms with Gasteiger partial charge in [-0.25, -0.2) is 0 Å². The largest absolute Gasteiger partial charge is 0.411 e. The van der Waals surface area contributed by atoms with E-state index in [2.05, 4.69) is 23.9 Å². The molecule has 7 heteroatoms. The lowest BCUT2D eigenvalue weighted by atomic mass is 9.89. The highest BCUT2D eigenvalue weighted by Gasteiger charge is 2.30. The first kappa shape index (κ1) is 18.2. The summed E-state index contributed by atoms with van der Waals surface area (Å²) < 4.78 is 40.2. The smallest absolute Gasteiger partial charge is 0.372 e. The Balaban J connectivity index is 2.32. The molecule has 0 spiro atoms. The third-order valence-electron chi connectivity index (χ3n) is 3.80. The molecule has 4 nitrogen and oxygen atoms in total. The third-order valence-corrected chi connectivity index (χ3v) is 3.80. The predicted octanol–water partition coefficient (Wildman–Crippen LogP) is 2.19. The van der Waals surface area contributed by atoms with Gasteiger partial charge in [0.2, 0.25) is 5.91 Å². The molecule has 0 aromatic heterocycles. The van der Waals surface area contributed by atoms with Crippen LogP contribution in [0.1, 0.15) is 33.1 Å². The highest BCUT2D eigenvalue weighted by atomic mass is 19.4.